The molecule has 1 N–H and O–H groups in total. The van der Waals surface area contributed by atoms with Crippen molar-refractivity contribution in [2.75, 3.05) is 14.1 Å². The van der Waals surface area contributed by atoms with Crippen LogP contribution in [0.1, 0.15) is 18.1 Å². The highest BCUT2D eigenvalue weighted by Gasteiger charge is 2.15. The minimum Gasteiger partial charge on any atom is -0.351 e. The maximum atomic E-state index is 12.0. The highest BCUT2D eigenvalue weighted by Crippen LogP contribution is 2.20. The standard InChI is InChI=1S/C16H21N3O/c1-11-7-8-15-13(6-5-9-17-15)14(11)10-18-16(20)12(2)19(3)4/h5-9,12H,10H2,1-4H3,(H,18,20)/t12-/m1/s1. The van der Waals surface area contributed by atoms with E-state index in [0.29, 0.717) is 6.54 Å². The molecule has 20 heavy (non-hydrogen) atoms. The minimum atomic E-state index is -0.136. The fourth-order valence-corrected chi connectivity index (χ4v) is 2.11. The minimum absolute atomic E-state index is 0.0373. The molecule has 0 saturated carbocycles. The Bertz CT molecular complexity index is 622. The lowest BCUT2D eigenvalue weighted by Gasteiger charge is -2.19. The fourth-order valence-electron chi connectivity index (χ4n) is 2.11. The molecule has 1 atom stereocenters. The number of carbonyl (C=O) groups is 1. The van der Waals surface area contributed by atoms with Gasteiger partial charge in [0, 0.05) is 18.1 Å². The van der Waals surface area contributed by atoms with Gasteiger partial charge in [-0.05, 0) is 51.2 Å². The molecule has 2 rings (SSSR count). The number of hydrogen-bond acceptors (Lipinski definition) is 3. The van der Waals surface area contributed by atoms with Crippen molar-refractivity contribution >= 4 is 16.8 Å². The van der Waals surface area contributed by atoms with Crippen molar-refractivity contribution in [1.29, 1.82) is 0 Å². The molecule has 106 valence electrons. The summed E-state index contributed by atoms with van der Waals surface area (Å²) in [6.07, 6.45) is 1.79. The van der Waals surface area contributed by atoms with Crippen LogP contribution in [-0.4, -0.2) is 35.9 Å². The van der Waals surface area contributed by atoms with Crippen LogP contribution in [0.4, 0.5) is 0 Å². The second-order valence-electron chi connectivity index (χ2n) is 5.29. The van der Waals surface area contributed by atoms with E-state index in [0.717, 1.165) is 16.5 Å². The predicted molar refractivity (Wildman–Crippen MR) is 81.5 cm³/mol. The second-order valence-corrected chi connectivity index (χ2v) is 5.29. The summed E-state index contributed by atoms with van der Waals surface area (Å²) in [4.78, 5) is 18.3. The average Bonchev–Trinajstić information content (AvgIpc) is 2.45. The number of fused-ring (bicyclic) bond motifs is 1. The Morgan fingerprint density at radius 3 is 2.80 bits per heavy atom. The molecular formula is C16H21N3O. The summed E-state index contributed by atoms with van der Waals surface area (Å²) < 4.78 is 0. The number of aryl methyl sites for hydroxylation is 1. The lowest BCUT2D eigenvalue weighted by Crippen LogP contribution is -2.41. The Labute approximate surface area is 119 Å². The Kier molecular flexibility index (Phi) is 4.35. The third-order valence-corrected chi connectivity index (χ3v) is 3.72. The number of nitrogens with one attached hydrogen (secondary N) is 1. The number of likely N-dealkylation sites (N-methyl/N-ethyl adjacent to an activating group) is 1. The normalized spacial score (nSPS) is 12.7. The summed E-state index contributed by atoms with van der Waals surface area (Å²) in [7, 11) is 3.80. The number of aromatic nitrogens is 1. The van der Waals surface area contributed by atoms with E-state index < -0.39 is 0 Å². The van der Waals surface area contributed by atoms with Gasteiger partial charge in [0.25, 0.3) is 0 Å². The number of benzene rings is 1. The van der Waals surface area contributed by atoms with Gasteiger partial charge in [-0.1, -0.05) is 12.1 Å². The SMILES string of the molecule is Cc1ccc2ncccc2c1CNC(=O)[C@@H](C)N(C)C. The first-order valence-corrected chi connectivity index (χ1v) is 6.78. The Hall–Kier alpha value is -1.94. The van der Waals surface area contributed by atoms with Gasteiger partial charge in [0.1, 0.15) is 0 Å². The van der Waals surface area contributed by atoms with E-state index in [9.17, 15) is 4.79 Å². The molecule has 1 aromatic heterocycles. The zero-order valence-electron chi connectivity index (χ0n) is 12.5. The van der Waals surface area contributed by atoms with E-state index >= 15 is 0 Å². The summed E-state index contributed by atoms with van der Waals surface area (Å²) in [5, 5.41) is 4.11. The number of amides is 1. The summed E-state index contributed by atoms with van der Waals surface area (Å²) >= 11 is 0. The van der Waals surface area contributed by atoms with Crippen molar-refractivity contribution in [3.63, 3.8) is 0 Å². The summed E-state index contributed by atoms with van der Waals surface area (Å²) in [5.41, 5.74) is 3.27. The number of rotatable bonds is 4. The molecule has 0 radical (unpaired) electrons. The number of pyridine rings is 1. The maximum Gasteiger partial charge on any atom is 0.237 e. The van der Waals surface area contributed by atoms with Crippen LogP contribution in [0.5, 0.6) is 0 Å². The summed E-state index contributed by atoms with van der Waals surface area (Å²) in [6, 6.07) is 7.90. The molecule has 4 nitrogen and oxygen atoms in total. The van der Waals surface area contributed by atoms with Gasteiger partial charge < -0.3 is 5.32 Å². The molecule has 0 unspecified atom stereocenters. The van der Waals surface area contributed by atoms with Crippen LogP contribution in [0.3, 0.4) is 0 Å². The van der Waals surface area contributed by atoms with Crippen molar-refractivity contribution in [2.24, 2.45) is 0 Å². The van der Waals surface area contributed by atoms with Crippen molar-refractivity contribution in [1.82, 2.24) is 15.2 Å². The fraction of sp³-hybridized carbons (Fsp3) is 0.375. The first-order valence-electron chi connectivity index (χ1n) is 6.78. The monoisotopic (exact) mass is 271 g/mol. The highest BCUT2D eigenvalue weighted by molar-refractivity contribution is 5.85. The van der Waals surface area contributed by atoms with Gasteiger partial charge in [-0.25, -0.2) is 0 Å². The van der Waals surface area contributed by atoms with Crippen molar-refractivity contribution in [3.8, 4) is 0 Å². The molecule has 4 heteroatoms. The Morgan fingerprint density at radius 1 is 1.35 bits per heavy atom. The third-order valence-electron chi connectivity index (χ3n) is 3.72. The molecule has 0 fully saturated rings. The molecule has 0 aliphatic rings. The molecule has 1 aromatic carbocycles. The van der Waals surface area contributed by atoms with Crippen LogP contribution in [0.15, 0.2) is 30.5 Å². The maximum absolute atomic E-state index is 12.0. The molecule has 1 heterocycles. The number of hydrogen-bond donors (Lipinski definition) is 1. The van der Waals surface area contributed by atoms with Crippen molar-refractivity contribution in [3.05, 3.63) is 41.6 Å². The number of nitrogens with zero attached hydrogens (tertiary/aromatic N) is 2. The number of carbonyl (C=O) groups excluding carboxylic acids is 1. The van der Waals surface area contributed by atoms with Crippen LogP contribution in [0.25, 0.3) is 10.9 Å². The first kappa shape index (κ1) is 14.5. The lowest BCUT2D eigenvalue weighted by molar-refractivity contribution is -0.125. The molecule has 0 saturated heterocycles. The molecule has 0 spiro atoms. The first-order chi connectivity index (χ1) is 9.50. The lowest BCUT2D eigenvalue weighted by atomic mass is 10.0. The molecule has 0 aliphatic carbocycles. The third kappa shape index (κ3) is 2.96. The van der Waals surface area contributed by atoms with Crippen LogP contribution < -0.4 is 5.32 Å². The Balaban J connectivity index is 2.22. The zero-order valence-corrected chi connectivity index (χ0v) is 12.5. The van der Waals surface area contributed by atoms with Gasteiger partial charge in [-0.3, -0.25) is 14.7 Å². The van der Waals surface area contributed by atoms with Gasteiger partial charge in [-0.2, -0.15) is 0 Å². The summed E-state index contributed by atoms with van der Waals surface area (Å²) in [6.45, 7) is 4.49. The van der Waals surface area contributed by atoms with Crippen LogP contribution in [0.2, 0.25) is 0 Å². The van der Waals surface area contributed by atoms with Gasteiger partial charge >= 0.3 is 0 Å². The van der Waals surface area contributed by atoms with E-state index in [1.807, 2.05) is 50.2 Å². The van der Waals surface area contributed by atoms with E-state index in [1.54, 1.807) is 6.20 Å². The van der Waals surface area contributed by atoms with E-state index in [-0.39, 0.29) is 11.9 Å². The van der Waals surface area contributed by atoms with Crippen molar-refractivity contribution < 1.29 is 4.79 Å². The Morgan fingerprint density at radius 2 is 2.10 bits per heavy atom. The predicted octanol–water partition coefficient (Wildman–Crippen LogP) is 2.11. The van der Waals surface area contributed by atoms with E-state index in [4.69, 9.17) is 0 Å². The summed E-state index contributed by atoms with van der Waals surface area (Å²) in [5.74, 6) is 0.0373. The van der Waals surface area contributed by atoms with Crippen LogP contribution >= 0.6 is 0 Å². The van der Waals surface area contributed by atoms with Gasteiger partial charge in [0.2, 0.25) is 5.91 Å². The molecule has 2 aromatic rings. The van der Waals surface area contributed by atoms with E-state index in [1.165, 1.54) is 5.56 Å². The largest absolute Gasteiger partial charge is 0.351 e. The van der Waals surface area contributed by atoms with Gasteiger partial charge in [0.15, 0.2) is 0 Å². The van der Waals surface area contributed by atoms with Gasteiger partial charge in [-0.15, -0.1) is 0 Å². The zero-order chi connectivity index (χ0) is 14.7. The van der Waals surface area contributed by atoms with Crippen LogP contribution in [-0.2, 0) is 11.3 Å². The van der Waals surface area contributed by atoms with Gasteiger partial charge in [0.05, 0.1) is 11.6 Å². The topological polar surface area (TPSA) is 45.2 Å². The van der Waals surface area contributed by atoms with Crippen LogP contribution in [0, 0.1) is 6.92 Å². The second kappa shape index (κ2) is 6.01. The molecule has 1 amide bonds. The molecule has 0 aliphatic heterocycles. The quantitative estimate of drug-likeness (QED) is 0.926. The van der Waals surface area contributed by atoms with E-state index in [2.05, 4.69) is 17.2 Å². The molecular weight excluding hydrogens is 250 g/mol. The highest BCUT2D eigenvalue weighted by atomic mass is 16.2. The van der Waals surface area contributed by atoms with Crippen molar-refractivity contribution in [2.45, 2.75) is 26.4 Å². The molecule has 0 bridgehead atoms. The smallest absolute Gasteiger partial charge is 0.237 e. The average molecular weight is 271 g/mol.